The van der Waals surface area contributed by atoms with Gasteiger partial charge in [0.1, 0.15) is 5.82 Å². The zero-order valence-corrected chi connectivity index (χ0v) is 11.7. The quantitative estimate of drug-likeness (QED) is 0.795. The molecule has 1 N–H and O–H groups in total. The van der Waals surface area contributed by atoms with Gasteiger partial charge in [-0.25, -0.2) is 9.07 Å². The van der Waals surface area contributed by atoms with Gasteiger partial charge < -0.3 is 5.32 Å². The summed E-state index contributed by atoms with van der Waals surface area (Å²) in [5, 5.41) is 7.68. The molecule has 106 valence electrons. The van der Waals surface area contributed by atoms with E-state index < -0.39 is 0 Å². The molecule has 0 amide bonds. The lowest BCUT2D eigenvalue weighted by molar-refractivity contribution is 0.568. The van der Waals surface area contributed by atoms with Gasteiger partial charge in [-0.3, -0.25) is 0 Å². The number of aromatic nitrogens is 2. The average molecular weight is 281 g/mol. The zero-order chi connectivity index (χ0) is 14.7. The Morgan fingerprint density at radius 3 is 2.43 bits per heavy atom. The fourth-order valence-corrected chi connectivity index (χ4v) is 2.39. The highest BCUT2D eigenvalue weighted by molar-refractivity contribution is 5.33. The fourth-order valence-electron chi connectivity index (χ4n) is 2.39. The maximum Gasteiger partial charge on any atom is 0.128 e. The lowest BCUT2D eigenvalue weighted by Crippen LogP contribution is -2.19. The van der Waals surface area contributed by atoms with E-state index in [4.69, 9.17) is 0 Å². The molecule has 21 heavy (non-hydrogen) atoms. The Balaban J connectivity index is 1.96. The minimum Gasteiger partial charge on any atom is -0.308 e. The number of para-hydroxylation sites is 1. The molecule has 1 heterocycles. The van der Waals surface area contributed by atoms with Gasteiger partial charge in [0, 0.05) is 11.8 Å². The number of rotatable bonds is 4. The molecule has 0 aliphatic rings. The molecule has 3 nitrogen and oxygen atoms in total. The molecule has 0 fully saturated rings. The van der Waals surface area contributed by atoms with Crippen molar-refractivity contribution in [3.8, 4) is 5.69 Å². The van der Waals surface area contributed by atoms with Gasteiger partial charge in [-0.05, 0) is 31.3 Å². The molecule has 4 heteroatoms. The molecule has 2 aromatic carbocycles. The van der Waals surface area contributed by atoms with E-state index >= 15 is 0 Å². The van der Waals surface area contributed by atoms with Crippen LogP contribution in [0.1, 0.15) is 17.3 Å². The first-order chi connectivity index (χ1) is 10.3. The van der Waals surface area contributed by atoms with Crippen LogP contribution in [0.15, 0.2) is 66.9 Å². The third-order valence-electron chi connectivity index (χ3n) is 3.43. The molecule has 0 aliphatic heterocycles. The number of nitrogens with one attached hydrogen (secondary N) is 1. The summed E-state index contributed by atoms with van der Waals surface area (Å²) in [5.41, 5.74) is 2.36. The van der Waals surface area contributed by atoms with Crippen molar-refractivity contribution in [2.45, 2.75) is 6.04 Å². The van der Waals surface area contributed by atoms with Crippen LogP contribution in [0.25, 0.3) is 5.69 Å². The molecular formula is C17H16FN3. The second-order valence-electron chi connectivity index (χ2n) is 4.76. The fraction of sp³-hybridized carbons (Fsp3) is 0.118. The highest BCUT2D eigenvalue weighted by atomic mass is 19.1. The molecule has 1 aromatic heterocycles. The molecule has 3 rings (SSSR count). The minimum absolute atomic E-state index is 0.230. The van der Waals surface area contributed by atoms with Gasteiger partial charge in [0.2, 0.25) is 0 Å². The summed E-state index contributed by atoms with van der Waals surface area (Å²) in [4.78, 5) is 0. The van der Waals surface area contributed by atoms with E-state index in [2.05, 4.69) is 10.4 Å². The van der Waals surface area contributed by atoms with Gasteiger partial charge in [-0.2, -0.15) is 5.10 Å². The molecule has 1 unspecified atom stereocenters. The molecule has 0 saturated heterocycles. The third-order valence-corrected chi connectivity index (χ3v) is 3.43. The maximum absolute atomic E-state index is 14.0. The summed E-state index contributed by atoms with van der Waals surface area (Å²) < 4.78 is 15.8. The van der Waals surface area contributed by atoms with E-state index in [0.717, 1.165) is 11.4 Å². The van der Waals surface area contributed by atoms with Crippen molar-refractivity contribution < 1.29 is 4.39 Å². The van der Waals surface area contributed by atoms with Crippen molar-refractivity contribution in [2.24, 2.45) is 0 Å². The smallest absolute Gasteiger partial charge is 0.128 e. The van der Waals surface area contributed by atoms with Crippen molar-refractivity contribution in [3.05, 3.63) is 83.9 Å². The van der Waals surface area contributed by atoms with Crippen molar-refractivity contribution in [3.63, 3.8) is 0 Å². The second-order valence-corrected chi connectivity index (χ2v) is 4.76. The van der Waals surface area contributed by atoms with Crippen LogP contribution in [0, 0.1) is 5.82 Å². The Hall–Kier alpha value is -2.46. The van der Waals surface area contributed by atoms with Gasteiger partial charge in [0.25, 0.3) is 0 Å². The van der Waals surface area contributed by atoms with Crippen LogP contribution >= 0.6 is 0 Å². The zero-order valence-electron chi connectivity index (χ0n) is 11.7. The molecule has 0 spiro atoms. The first-order valence-electron chi connectivity index (χ1n) is 6.82. The summed E-state index contributed by atoms with van der Waals surface area (Å²) in [7, 11) is 1.80. The second kappa shape index (κ2) is 5.89. The van der Waals surface area contributed by atoms with Crippen molar-refractivity contribution in [1.82, 2.24) is 15.1 Å². The van der Waals surface area contributed by atoms with Crippen LogP contribution in [-0.2, 0) is 0 Å². The molecule has 0 aliphatic carbocycles. The monoisotopic (exact) mass is 281 g/mol. The van der Waals surface area contributed by atoms with Gasteiger partial charge >= 0.3 is 0 Å². The molecule has 3 aromatic rings. The number of hydrogen-bond donors (Lipinski definition) is 1. The van der Waals surface area contributed by atoms with E-state index in [9.17, 15) is 4.39 Å². The van der Waals surface area contributed by atoms with Crippen molar-refractivity contribution in [2.75, 3.05) is 7.05 Å². The van der Waals surface area contributed by atoms with Crippen LogP contribution in [0.2, 0.25) is 0 Å². The van der Waals surface area contributed by atoms with E-state index in [1.807, 2.05) is 48.7 Å². The van der Waals surface area contributed by atoms with Crippen LogP contribution in [0.3, 0.4) is 0 Å². The first-order valence-corrected chi connectivity index (χ1v) is 6.82. The van der Waals surface area contributed by atoms with Gasteiger partial charge in [-0.1, -0.05) is 36.4 Å². The van der Waals surface area contributed by atoms with E-state index in [-0.39, 0.29) is 11.9 Å². The van der Waals surface area contributed by atoms with Gasteiger partial charge in [0.15, 0.2) is 0 Å². The highest BCUT2D eigenvalue weighted by Gasteiger charge is 2.18. The molecule has 0 saturated carbocycles. The maximum atomic E-state index is 14.0. The topological polar surface area (TPSA) is 29.9 Å². The Labute approximate surface area is 123 Å². The number of benzene rings is 2. The van der Waals surface area contributed by atoms with E-state index in [1.165, 1.54) is 6.07 Å². The van der Waals surface area contributed by atoms with Crippen LogP contribution < -0.4 is 5.32 Å². The van der Waals surface area contributed by atoms with E-state index in [1.54, 1.807) is 23.9 Å². The normalized spacial score (nSPS) is 12.3. The largest absolute Gasteiger partial charge is 0.308 e. The van der Waals surface area contributed by atoms with Crippen molar-refractivity contribution in [1.29, 1.82) is 0 Å². The third kappa shape index (κ3) is 2.71. The van der Waals surface area contributed by atoms with Crippen LogP contribution in [0.5, 0.6) is 0 Å². The van der Waals surface area contributed by atoms with Gasteiger partial charge in [-0.15, -0.1) is 0 Å². The molecule has 0 radical (unpaired) electrons. The summed E-state index contributed by atoms with van der Waals surface area (Å²) in [6, 6.07) is 18.2. The Bertz CT molecular complexity index is 722. The van der Waals surface area contributed by atoms with Crippen LogP contribution in [-0.4, -0.2) is 16.8 Å². The SMILES string of the molecule is CNC(c1ccn(-c2ccccc2)n1)c1ccccc1F. The highest BCUT2D eigenvalue weighted by Crippen LogP contribution is 2.23. The van der Waals surface area contributed by atoms with E-state index in [0.29, 0.717) is 5.56 Å². The summed E-state index contributed by atoms with van der Waals surface area (Å²) in [6.45, 7) is 0. The van der Waals surface area contributed by atoms with Crippen molar-refractivity contribution >= 4 is 0 Å². The lowest BCUT2D eigenvalue weighted by Gasteiger charge is -2.15. The molecule has 0 bridgehead atoms. The summed E-state index contributed by atoms with van der Waals surface area (Å²) in [5.74, 6) is -0.230. The Morgan fingerprint density at radius 1 is 1.00 bits per heavy atom. The van der Waals surface area contributed by atoms with Gasteiger partial charge in [0.05, 0.1) is 17.4 Å². The standard InChI is InChI=1S/C17H16FN3/c1-19-17(14-9-5-6-10-15(14)18)16-11-12-21(20-16)13-7-3-2-4-8-13/h2-12,17,19H,1H3. The Morgan fingerprint density at radius 2 is 1.71 bits per heavy atom. The summed E-state index contributed by atoms with van der Waals surface area (Å²) in [6.07, 6.45) is 1.88. The number of nitrogens with zero attached hydrogens (tertiary/aromatic N) is 2. The number of halogens is 1. The molecular weight excluding hydrogens is 265 g/mol. The van der Waals surface area contributed by atoms with Crippen LogP contribution in [0.4, 0.5) is 4.39 Å². The lowest BCUT2D eigenvalue weighted by atomic mass is 10.0. The summed E-state index contributed by atoms with van der Waals surface area (Å²) >= 11 is 0. The molecule has 1 atom stereocenters. The predicted octanol–water partition coefficient (Wildman–Crippen LogP) is 3.32. The Kier molecular flexibility index (Phi) is 3.79. The average Bonchev–Trinajstić information content (AvgIpc) is 3.00. The first kappa shape index (κ1) is 13.5. The minimum atomic E-state index is -0.267. The number of hydrogen-bond acceptors (Lipinski definition) is 2. The predicted molar refractivity (Wildman–Crippen MR) is 80.9 cm³/mol.